The molecule has 0 amide bonds. The highest BCUT2D eigenvalue weighted by molar-refractivity contribution is 5.45. The molecular formula is C17H8F10N4O2. The van der Waals surface area contributed by atoms with E-state index >= 15 is 0 Å². The molecule has 0 spiro atoms. The van der Waals surface area contributed by atoms with E-state index in [0.29, 0.717) is 0 Å². The largest absolute Gasteiger partial charge is 0.460 e. The molecule has 2 rings (SSSR count). The summed E-state index contributed by atoms with van der Waals surface area (Å²) in [5.41, 5.74) is -5.91. The molecule has 1 aromatic carbocycles. The first kappa shape index (κ1) is 25.7. The molecule has 1 aromatic heterocycles. The number of nitro benzene ring substituents is 1. The Morgan fingerprint density at radius 3 is 1.94 bits per heavy atom. The standard InChI is InChI=1S/C17H8F10N4O2/c1-7-4-8(2-3-10(7)31(32)33)9(6-28)13-29-11(5-12(30-13)15(20,21)22)14(18,19)16(23,24)17(25,26)27/h2-5,9H,1H3. The van der Waals surface area contributed by atoms with Gasteiger partial charge >= 0.3 is 24.2 Å². The van der Waals surface area contributed by atoms with Crippen LogP contribution in [0.3, 0.4) is 0 Å². The summed E-state index contributed by atoms with van der Waals surface area (Å²) < 4.78 is 132. The maximum Gasteiger partial charge on any atom is 0.460 e. The molecule has 0 bridgehead atoms. The van der Waals surface area contributed by atoms with Crippen molar-refractivity contribution in [2.45, 2.75) is 37.0 Å². The van der Waals surface area contributed by atoms with Crippen LogP contribution < -0.4 is 0 Å². The lowest BCUT2D eigenvalue weighted by Gasteiger charge is -2.28. The molecule has 0 saturated heterocycles. The van der Waals surface area contributed by atoms with E-state index in [1.807, 2.05) is 0 Å². The number of halogens is 10. The SMILES string of the molecule is Cc1cc(C(C#N)c2nc(C(F)(F)F)cc(C(F)(F)C(F)(F)C(F)(F)F)n2)ccc1[N+](=O)[O-]. The van der Waals surface area contributed by atoms with Crippen LogP contribution in [0.15, 0.2) is 24.3 Å². The second-order valence-electron chi connectivity index (χ2n) is 6.51. The molecule has 0 radical (unpaired) electrons. The Bertz CT molecular complexity index is 1120. The highest BCUT2D eigenvalue weighted by Gasteiger charge is 2.74. The fraction of sp³-hybridized carbons (Fsp3) is 0.353. The van der Waals surface area contributed by atoms with E-state index in [4.69, 9.17) is 0 Å². The van der Waals surface area contributed by atoms with Crippen molar-refractivity contribution in [1.29, 1.82) is 5.26 Å². The van der Waals surface area contributed by atoms with Gasteiger partial charge in [-0.25, -0.2) is 9.97 Å². The van der Waals surface area contributed by atoms with E-state index in [1.165, 1.54) is 6.07 Å². The fourth-order valence-corrected chi connectivity index (χ4v) is 2.58. The predicted molar refractivity (Wildman–Crippen MR) is 87.2 cm³/mol. The summed E-state index contributed by atoms with van der Waals surface area (Å²) >= 11 is 0. The van der Waals surface area contributed by atoms with E-state index < -0.39 is 64.0 Å². The quantitative estimate of drug-likeness (QED) is 0.307. The fourth-order valence-electron chi connectivity index (χ4n) is 2.58. The monoisotopic (exact) mass is 490 g/mol. The van der Waals surface area contributed by atoms with Gasteiger partial charge in [0.2, 0.25) is 0 Å². The Morgan fingerprint density at radius 2 is 1.52 bits per heavy atom. The van der Waals surface area contributed by atoms with Gasteiger partial charge in [0, 0.05) is 11.6 Å². The van der Waals surface area contributed by atoms with Crippen molar-refractivity contribution in [3.05, 3.63) is 62.7 Å². The number of alkyl halides is 10. The molecule has 0 aliphatic heterocycles. The molecule has 6 nitrogen and oxygen atoms in total. The van der Waals surface area contributed by atoms with Crippen molar-refractivity contribution in [1.82, 2.24) is 9.97 Å². The second kappa shape index (κ2) is 8.12. The Morgan fingerprint density at radius 1 is 0.970 bits per heavy atom. The summed E-state index contributed by atoms with van der Waals surface area (Å²) in [5, 5.41) is 20.2. The molecule has 178 valence electrons. The zero-order valence-electron chi connectivity index (χ0n) is 15.8. The number of hydrogen-bond acceptors (Lipinski definition) is 5. The van der Waals surface area contributed by atoms with Gasteiger partial charge in [-0.15, -0.1) is 0 Å². The summed E-state index contributed by atoms with van der Waals surface area (Å²) in [6.07, 6.45) is -12.5. The molecule has 1 heterocycles. The van der Waals surface area contributed by atoms with Crippen LogP contribution in [-0.4, -0.2) is 27.0 Å². The van der Waals surface area contributed by atoms with Gasteiger partial charge in [0.05, 0.1) is 11.0 Å². The van der Waals surface area contributed by atoms with E-state index in [-0.39, 0.29) is 11.1 Å². The highest BCUT2D eigenvalue weighted by Crippen LogP contribution is 2.51. The topological polar surface area (TPSA) is 92.7 Å². The number of hydrogen-bond donors (Lipinski definition) is 0. The van der Waals surface area contributed by atoms with Crippen LogP contribution in [0.4, 0.5) is 49.6 Å². The Hall–Kier alpha value is -3.51. The van der Waals surface area contributed by atoms with Gasteiger partial charge in [0.25, 0.3) is 5.69 Å². The number of rotatable bonds is 5. The van der Waals surface area contributed by atoms with Crippen molar-refractivity contribution in [3.8, 4) is 6.07 Å². The van der Waals surface area contributed by atoms with Crippen LogP contribution in [-0.2, 0) is 12.1 Å². The predicted octanol–water partition coefficient (Wildman–Crippen LogP) is 5.66. The van der Waals surface area contributed by atoms with Crippen LogP contribution in [0.5, 0.6) is 0 Å². The van der Waals surface area contributed by atoms with Crippen molar-refractivity contribution in [3.63, 3.8) is 0 Å². The average Bonchev–Trinajstić information content (AvgIpc) is 2.66. The lowest BCUT2D eigenvalue weighted by atomic mass is 9.96. The molecule has 0 saturated carbocycles. The minimum atomic E-state index is -6.86. The maximum absolute atomic E-state index is 14.1. The smallest absolute Gasteiger partial charge is 0.258 e. The normalized spacial score (nSPS) is 14.0. The zero-order chi connectivity index (χ0) is 25.6. The third kappa shape index (κ3) is 4.66. The van der Waals surface area contributed by atoms with Crippen molar-refractivity contribution in [2.75, 3.05) is 0 Å². The molecule has 33 heavy (non-hydrogen) atoms. The Balaban J connectivity index is 2.77. The molecular weight excluding hydrogens is 482 g/mol. The third-order valence-corrected chi connectivity index (χ3v) is 4.24. The molecule has 1 unspecified atom stereocenters. The Kier molecular flexibility index (Phi) is 6.34. The number of nitriles is 1. The first-order valence-electron chi connectivity index (χ1n) is 8.28. The van der Waals surface area contributed by atoms with Gasteiger partial charge < -0.3 is 0 Å². The van der Waals surface area contributed by atoms with Crippen LogP contribution in [0.1, 0.15) is 34.3 Å². The van der Waals surface area contributed by atoms with Crippen LogP contribution in [0.25, 0.3) is 0 Å². The van der Waals surface area contributed by atoms with Gasteiger partial charge in [-0.3, -0.25) is 10.1 Å². The van der Waals surface area contributed by atoms with E-state index in [2.05, 4.69) is 9.97 Å². The summed E-state index contributed by atoms with van der Waals surface area (Å²) in [5.74, 6) is -16.6. The maximum atomic E-state index is 14.1. The first-order chi connectivity index (χ1) is 14.8. The lowest BCUT2D eigenvalue weighted by Crippen LogP contribution is -2.50. The molecule has 0 N–H and O–H groups in total. The number of aryl methyl sites for hydroxylation is 1. The molecule has 16 heteroatoms. The average molecular weight is 490 g/mol. The number of aromatic nitrogens is 2. The third-order valence-electron chi connectivity index (χ3n) is 4.24. The molecule has 2 aromatic rings. The van der Waals surface area contributed by atoms with E-state index in [1.54, 1.807) is 0 Å². The zero-order valence-corrected chi connectivity index (χ0v) is 15.8. The Labute approximate surface area is 176 Å². The van der Waals surface area contributed by atoms with Crippen LogP contribution >= 0.6 is 0 Å². The number of nitro groups is 1. The molecule has 1 atom stereocenters. The van der Waals surface area contributed by atoms with Crippen LogP contribution in [0.2, 0.25) is 0 Å². The van der Waals surface area contributed by atoms with Crippen molar-refractivity contribution < 1.29 is 48.8 Å². The van der Waals surface area contributed by atoms with E-state index in [0.717, 1.165) is 25.1 Å². The number of nitrogens with zero attached hydrogens (tertiary/aromatic N) is 4. The summed E-state index contributed by atoms with van der Waals surface area (Å²) in [6, 6.07) is 3.09. The second-order valence-corrected chi connectivity index (χ2v) is 6.51. The van der Waals surface area contributed by atoms with Gasteiger partial charge in [0.15, 0.2) is 5.82 Å². The lowest BCUT2D eigenvalue weighted by molar-refractivity contribution is -0.385. The van der Waals surface area contributed by atoms with Gasteiger partial charge in [-0.2, -0.15) is 49.2 Å². The van der Waals surface area contributed by atoms with Gasteiger partial charge in [-0.1, -0.05) is 6.07 Å². The molecule has 0 aliphatic rings. The minimum absolute atomic E-state index is 0.126. The van der Waals surface area contributed by atoms with Crippen molar-refractivity contribution >= 4 is 5.69 Å². The van der Waals surface area contributed by atoms with Gasteiger partial charge in [-0.05, 0) is 24.6 Å². The van der Waals surface area contributed by atoms with Crippen LogP contribution in [0, 0.1) is 28.4 Å². The minimum Gasteiger partial charge on any atom is -0.258 e. The van der Waals surface area contributed by atoms with Crippen molar-refractivity contribution in [2.24, 2.45) is 0 Å². The van der Waals surface area contributed by atoms with Gasteiger partial charge in [0.1, 0.15) is 17.3 Å². The molecule has 0 aliphatic carbocycles. The molecule has 0 fully saturated rings. The highest BCUT2D eigenvalue weighted by atomic mass is 19.4. The first-order valence-corrected chi connectivity index (χ1v) is 8.28. The summed E-state index contributed by atoms with van der Waals surface area (Å²) in [6.45, 7) is 1.16. The summed E-state index contributed by atoms with van der Waals surface area (Å²) in [4.78, 5) is 15.6. The summed E-state index contributed by atoms with van der Waals surface area (Å²) in [7, 11) is 0. The number of benzene rings is 1. The van der Waals surface area contributed by atoms with E-state index in [9.17, 15) is 59.3 Å².